The number of aromatic nitrogens is 2. The van der Waals surface area contributed by atoms with Gasteiger partial charge in [-0.15, -0.1) is 0 Å². The Morgan fingerprint density at radius 1 is 1.65 bits per heavy atom. The molecule has 3 N–H and O–H groups in total. The third-order valence-electron chi connectivity index (χ3n) is 3.44. The summed E-state index contributed by atoms with van der Waals surface area (Å²) in [6.07, 6.45) is 3.68. The van der Waals surface area contributed by atoms with Crippen molar-refractivity contribution in [1.82, 2.24) is 9.78 Å². The zero-order valence-electron chi connectivity index (χ0n) is 10.7. The van der Waals surface area contributed by atoms with Gasteiger partial charge in [-0.1, -0.05) is 0 Å². The fraction of sp³-hybridized carbons (Fsp3) is 0.750. The van der Waals surface area contributed by atoms with Crippen LogP contribution in [-0.2, 0) is 5.60 Å². The maximum absolute atomic E-state index is 10.8. The molecule has 1 aliphatic carbocycles. The molecule has 1 heterocycles. The molecule has 17 heavy (non-hydrogen) atoms. The molecule has 1 saturated carbocycles. The molecule has 5 nitrogen and oxygen atoms in total. The molecule has 1 atom stereocenters. The summed E-state index contributed by atoms with van der Waals surface area (Å²) in [4.78, 5) is 0. The number of ether oxygens (including phenoxy) is 1. The number of aliphatic hydroxyl groups is 1. The number of hydrogen-bond donors (Lipinski definition) is 2. The third kappa shape index (κ3) is 1.93. The molecule has 0 spiro atoms. The molecule has 0 amide bonds. The average Bonchev–Trinajstić information content (AvgIpc) is 3.07. The van der Waals surface area contributed by atoms with Crippen LogP contribution in [0.15, 0.2) is 6.20 Å². The summed E-state index contributed by atoms with van der Waals surface area (Å²) in [7, 11) is 1.59. The van der Waals surface area contributed by atoms with Gasteiger partial charge in [-0.05, 0) is 32.6 Å². The SMILES string of the molecule is COc1cnn(C(C)C)c1C(O)(CN)C1CC1. The van der Waals surface area contributed by atoms with Gasteiger partial charge in [-0.3, -0.25) is 4.68 Å². The van der Waals surface area contributed by atoms with Crippen molar-refractivity contribution in [3.05, 3.63) is 11.9 Å². The summed E-state index contributed by atoms with van der Waals surface area (Å²) < 4.78 is 7.11. The maximum Gasteiger partial charge on any atom is 0.163 e. The van der Waals surface area contributed by atoms with E-state index < -0.39 is 5.60 Å². The van der Waals surface area contributed by atoms with E-state index in [2.05, 4.69) is 5.10 Å². The monoisotopic (exact) mass is 239 g/mol. The van der Waals surface area contributed by atoms with Gasteiger partial charge >= 0.3 is 0 Å². The Bertz CT molecular complexity index is 398. The van der Waals surface area contributed by atoms with E-state index in [-0.39, 0.29) is 18.5 Å². The lowest BCUT2D eigenvalue weighted by Crippen LogP contribution is -2.40. The molecule has 2 rings (SSSR count). The first-order chi connectivity index (χ1) is 8.04. The topological polar surface area (TPSA) is 73.3 Å². The first-order valence-electron chi connectivity index (χ1n) is 6.09. The van der Waals surface area contributed by atoms with Crippen LogP contribution in [0.3, 0.4) is 0 Å². The van der Waals surface area contributed by atoms with Gasteiger partial charge in [0.15, 0.2) is 5.75 Å². The second-order valence-electron chi connectivity index (χ2n) is 5.00. The highest BCUT2D eigenvalue weighted by Crippen LogP contribution is 2.48. The molecular formula is C12H21N3O2. The van der Waals surface area contributed by atoms with E-state index in [0.29, 0.717) is 5.75 Å². The fourth-order valence-corrected chi connectivity index (χ4v) is 2.32. The molecule has 0 radical (unpaired) electrons. The molecule has 0 bridgehead atoms. The van der Waals surface area contributed by atoms with Gasteiger partial charge < -0.3 is 15.6 Å². The van der Waals surface area contributed by atoms with Gasteiger partial charge in [-0.25, -0.2) is 0 Å². The number of nitrogens with zero attached hydrogens (tertiary/aromatic N) is 2. The number of nitrogens with two attached hydrogens (primary N) is 1. The first-order valence-corrected chi connectivity index (χ1v) is 6.09. The van der Waals surface area contributed by atoms with Gasteiger partial charge in [0.2, 0.25) is 0 Å². The lowest BCUT2D eigenvalue weighted by atomic mass is 9.92. The van der Waals surface area contributed by atoms with Crippen molar-refractivity contribution in [1.29, 1.82) is 0 Å². The zero-order chi connectivity index (χ0) is 12.6. The molecule has 0 aliphatic heterocycles. The Morgan fingerprint density at radius 2 is 2.29 bits per heavy atom. The first kappa shape index (κ1) is 12.4. The quantitative estimate of drug-likeness (QED) is 0.805. The van der Waals surface area contributed by atoms with E-state index >= 15 is 0 Å². The summed E-state index contributed by atoms with van der Waals surface area (Å²) in [6.45, 7) is 4.26. The Kier molecular flexibility index (Phi) is 3.14. The predicted molar refractivity (Wildman–Crippen MR) is 64.8 cm³/mol. The summed E-state index contributed by atoms with van der Waals surface area (Å²) in [5, 5.41) is 15.1. The van der Waals surface area contributed by atoms with Crippen molar-refractivity contribution in [2.45, 2.75) is 38.3 Å². The van der Waals surface area contributed by atoms with Gasteiger partial charge in [0.05, 0.1) is 13.3 Å². The Balaban J connectivity index is 2.50. The van der Waals surface area contributed by atoms with Gasteiger partial charge in [0.25, 0.3) is 0 Å². The second-order valence-corrected chi connectivity index (χ2v) is 5.00. The van der Waals surface area contributed by atoms with Crippen LogP contribution in [0.4, 0.5) is 0 Å². The van der Waals surface area contributed by atoms with E-state index in [1.54, 1.807) is 13.3 Å². The Labute approximate surface area is 102 Å². The molecule has 1 unspecified atom stereocenters. The minimum absolute atomic E-state index is 0.172. The summed E-state index contributed by atoms with van der Waals surface area (Å²) in [6, 6.07) is 0.172. The summed E-state index contributed by atoms with van der Waals surface area (Å²) >= 11 is 0. The van der Waals surface area contributed by atoms with Crippen LogP contribution in [0.2, 0.25) is 0 Å². The van der Waals surface area contributed by atoms with Crippen LogP contribution in [0.5, 0.6) is 5.75 Å². The molecule has 0 saturated heterocycles. The van der Waals surface area contributed by atoms with Crippen molar-refractivity contribution in [3.63, 3.8) is 0 Å². The second kappa shape index (κ2) is 4.31. The van der Waals surface area contributed by atoms with Crippen molar-refractivity contribution in [3.8, 4) is 5.75 Å². The molecular weight excluding hydrogens is 218 g/mol. The standard InChI is InChI=1S/C12H21N3O2/c1-8(2)15-11(10(17-3)6-14-15)12(16,7-13)9-4-5-9/h6,8-9,16H,4-5,7,13H2,1-3H3. The van der Waals surface area contributed by atoms with Crippen LogP contribution < -0.4 is 10.5 Å². The summed E-state index contributed by atoms with van der Waals surface area (Å²) in [5.74, 6) is 0.856. The van der Waals surface area contributed by atoms with Gasteiger partial charge in [0.1, 0.15) is 11.3 Å². The molecule has 1 aliphatic rings. The highest BCUT2D eigenvalue weighted by Gasteiger charge is 2.48. The highest BCUT2D eigenvalue weighted by molar-refractivity contribution is 5.33. The Hall–Kier alpha value is -1.07. The number of methoxy groups -OCH3 is 1. The van der Waals surface area contributed by atoms with E-state index in [0.717, 1.165) is 18.5 Å². The van der Waals surface area contributed by atoms with E-state index in [9.17, 15) is 5.11 Å². The van der Waals surface area contributed by atoms with Crippen molar-refractivity contribution < 1.29 is 9.84 Å². The number of rotatable bonds is 5. The molecule has 0 aromatic carbocycles. The smallest absolute Gasteiger partial charge is 0.163 e. The van der Waals surface area contributed by atoms with Crippen LogP contribution >= 0.6 is 0 Å². The van der Waals surface area contributed by atoms with Crippen molar-refractivity contribution >= 4 is 0 Å². The largest absolute Gasteiger partial charge is 0.493 e. The van der Waals surface area contributed by atoms with Gasteiger partial charge in [-0.2, -0.15) is 5.10 Å². The zero-order valence-corrected chi connectivity index (χ0v) is 10.7. The lowest BCUT2D eigenvalue weighted by molar-refractivity contribution is 0.0100. The van der Waals surface area contributed by atoms with Crippen molar-refractivity contribution in [2.24, 2.45) is 11.7 Å². The molecule has 1 fully saturated rings. The molecule has 1 aromatic rings. The minimum atomic E-state index is -1.01. The van der Waals surface area contributed by atoms with E-state index in [4.69, 9.17) is 10.5 Å². The van der Waals surface area contributed by atoms with Crippen LogP contribution in [0.1, 0.15) is 38.4 Å². The van der Waals surface area contributed by atoms with Crippen LogP contribution in [0.25, 0.3) is 0 Å². The molecule has 1 aromatic heterocycles. The summed E-state index contributed by atoms with van der Waals surface area (Å²) in [5.41, 5.74) is 5.50. The normalized spacial score (nSPS) is 19.4. The Morgan fingerprint density at radius 3 is 2.71 bits per heavy atom. The molecule has 5 heteroatoms. The van der Waals surface area contributed by atoms with E-state index in [1.165, 1.54) is 0 Å². The third-order valence-corrected chi connectivity index (χ3v) is 3.44. The number of hydrogen-bond acceptors (Lipinski definition) is 4. The maximum atomic E-state index is 10.8. The predicted octanol–water partition coefficient (Wildman–Crippen LogP) is 1.03. The minimum Gasteiger partial charge on any atom is -0.493 e. The van der Waals surface area contributed by atoms with Crippen molar-refractivity contribution in [2.75, 3.05) is 13.7 Å². The fourth-order valence-electron chi connectivity index (χ4n) is 2.32. The van der Waals surface area contributed by atoms with Crippen LogP contribution in [-0.4, -0.2) is 28.5 Å². The van der Waals surface area contributed by atoms with Gasteiger partial charge in [0, 0.05) is 12.6 Å². The van der Waals surface area contributed by atoms with Crippen LogP contribution in [0, 0.1) is 5.92 Å². The molecule has 96 valence electrons. The lowest BCUT2D eigenvalue weighted by Gasteiger charge is -2.29. The van der Waals surface area contributed by atoms with E-state index in [1.807, 2.05) is 18.5 Å². The highest BCUT2D eigenvalue weighted by atomic mass is 16.5. The average molecular weight is 239 g/mol.